The van der Waals surface area contributed by atoms with E-state index in [0.29, 0.717) is 6.54 Å². The van der Waals surface area contributed by atoms with Gasteiger partial charge in [0.2, 0.25) is 0 Å². The van der Waals surface area contributed by atoms with Crippen molar-refractivity contribution in [1.82, 2.24) is 20.4 Å². The zero-order valence-electron chi connectivity index (χ0n) is 13.7. The average Bonchev–Trinajstić information content (AvgIpc) is 2.95. The fourth-order valence-corrected chi connectivity index (χ4v) is 2.17. The van der Waals surface area contributed by atoms with E-state index in [9.17, 15) is 4.39 Å². The van der Waals surface area contributed by atoms with Crippen molar-refractivity contribution in [2.45, 2.75) is 26.8 Å². The molecule has 0 saturated carbocycles. The van der Waals surface area contributed by atoms with Gasteiger partial charge in [-0.3, -0.25) is 9.67 Å². The lowest BCUT2D eigenvalue weighted by atomic mass is 10.1. The van der Waals surface area contributed by atoms with Gasteiger partial charge in [-0.1, -0.05) is 12.1 Å². The number of guanidine groups is 1. The van der Waals surface area contributed by atoms with E-state index in [-0.39, 0.29) is 5.82 Å². The van der Waals surface area contributed by atoms with Gasteiger partial charge >= 0.3 is 0 Å². The molecule has 0 aliphatic carbocycles. The van der Waals surface area contributed by atoms with Gasteiger partial charge in [0.25, 0.3) is 0 Å². The van der Waals surface area contributed by atoms with E-state index >= 15 is 0 Å². The van der Waals surface area contributed by atoms with Gasteiger partial charge in [-0.15, -0.1) is 0 Å². The van der Waals surface area contributed by atoms with Crippen molar-refractivity contribution in [3.63, 3.8) is 0 Å². The molecule has 0 fully saturated rings. The predicted molar refractivity (Wildman–Crippen MR) is 91.0 cm³/mol. The highest BCUT2D eigenvalue weighted by molar-refractivity contribution is 5.79. The summed E-state index contributed by atoms with van der Waals surface area (Å²) in [6.45, 7) is 7.07. The second-order valence-corrected chi connectivity index (χ2v) is 5.34. The highest BCUT2D eigenvalue weighted by Crippen LogP contribution is 2.03. The van der Waals surface area contributed by atoms with Gasteiger partial charge < -0.3 is 10.6 Å². The molecule has 0 amide bonds. The molecule has 124 valence electrons. The Morgan fingerprint density at radius 2 is 2.04 bits per heavy atom. The molecule has 2 N–H and O–H groups in total. The quantitative estimate of drug-likeness (QED) is 0.607. The molecule has 2 rings (SSSR count). The number of benzene rings is 1. The number of nitrogens with one attached hydrogen (secondary N) is 2. The summed E-state index contributed by atoms with van der Waals surface area (Å²) >= 11 is 0. The predicted octanol–water partition coefficient (Wildman–Crippen LogP) is 2.13. The molecule has 0 radical (unpaired) electrons. The minimum absolute atomic E-state index is 0.207. The Hall–Kier alpha value is -2.37. The summed E-state index contributed by atoms with van der Waals surface area (Å²) in [6.07, 6.45) is 4.65. The molecule has 1 heterocycles. The molecule has 0 saturated heterocycles. The van der Waals surface area contributed by atoms with Crippen molar-refractivity contribution in [2.24, 2.45) is 4.99 Å². The third-order valence-electron chi connectivity index (χ3n) is 3.32. The summed E-state index contributed by atoms with van der Waals surface area (Å²) in [5, 5.41) is 10.8. The first-order chi connectivity index (χ1) is 11.2. The van der Waals surface area contributed by atoms with E-state index in [2.05, 4.69) is 20.7 Å². The maximum absolute atomic E-state index is 12.9. The van der Waals surface area contributed by atoms with E-state index in [1.54, 1.807) is 12.1 Å². The van der Waals surface area contributed by atoms with Crippen molar-refractivity contribution < 1.29 is 4.39 Å². The Labute approximate surface area is 136 Å². The first-order valence-electron chi connectivity index (χ1n) is 7.93. The van der Waals surface area contributed by atoms with Crippen LogP contribution in [0.1, 0.15) is 18.1 Å². The molecule has 0 bridgehead atoms. The van der Waals surface area contributed by atoms with E-state index in [1.807, 2.05) is 30.9 Å². The smallest absolute Gasteiger partial charge is 0.191 e. The largest absolute Gasteiger partial charge is 0.357 e. The van der Waals surface area contributed by atoms with Gasteiger partial charge in [0.1, 0.15) is 5.82 Å². The van der Waals surface area contributed by atoms with E-state index in [1.165, 1.54) is 12.1 Å². The molecule has 6 heteroatoms. The number of rotatable bonds is 7. The molecule has 1 aromatic carbocycles. The summed E-state index contributed by atoms with van der Waals surface area (Å²) in [7, 11) is 0. The molecule has 0 atom stereocenters. The molecular formula is C17H24FN5. The van der Waals surface area contributed by atoms with Crippen LogP contribution in [0.5, 0.6) is 0 Å². The minimum Gasteiger partial charge on any atom is -0.357 e. The second-order valence-electron chi connectivity index (χ2n) is 5.34. The molecule has 0 aliphatic heterocycles. The zero-order valence-corrected chi connectivity index (χ0v) is 13.7. The monoisotopic (exact) mass is 317 g/mol. The van der Waals surface area contributed by atoms with E-state index in [0.717, 1.165) is 43.1 Å². The van der Waals surface area contributed by atoms with Crippen molar-refractivity contribution >= 4 is 5.96 Å². The Kier molecular flexibility index (Phi) is 6.59. The fraction of sp³-hybridized carbons (Fsp3) is 0.412. The van der Waals surface area contributed by atoms with Crippen LogP contribution in [-0.4, -0.2) is 35.4 Å². The molecule has 0 unspecified atom stereocenters. The fourth-order valence-electron chi connectivity index (χ4n) is 2.17. The molecule has 1 aromatic heterocycles. The van der Waals surface area contributed by atoms with Gasteiger partial charge in [0, 0.05) is 25.8 Å². The van der Waals surface area contributed by atoms with Gasteiger partial charge in [-0.25, -0.2) is 4.39 Å². The maximum atomic E-state index is 12.9. The average molecular weight is 317 g/mol. The van der Waals surface area contributed by atoms with Crippen molar-refractivity contribution in [3.8, 4) is 0 Å². The van der Waals surface area contributed by atoms with Crippen molar-refractivity contribution in [3.05, 3.63) is 53.6 Å². The summed E-state index contributed by atoms with van der Waals surface area (Å²) in [4.78, 5) is 4.54. The van der Waals surface area contributed by atoms with Crippen LogP contribution in [0.2, 0.25) is 0 Å². The van der Waals surface area contributed by atoms with E-state index < -0.39 is 0 Å². The molecule has 23 heavy (non-hydrogen) atoms. The Balaban J connectivity index is 1.78. The lowest BCUT2D eigenvalue weighted by molar-refractivity contribution is 0.597. The van der Waals surface area contributed by atoms with Crippen LogP contribution in [0.4, 0.5) is 4.39 Å². The van der Waals surface area contributed by atoms with Crippen LogP contribution < -0.4 is 10.6 Å². The van der Waals surface area contributed by atoms with Gasteiger partial charge in [-0.05, 0) is 43.5 Å². The van der Waals surface area contributed by atoms with Crippen molar-refractivity contribution in [1.29, 1.82) is 0 Å². The minimum atomic E-state index is -0.207. The third kappa shape index (κ3) is 6.10. The maximum Gasteiger partial charge on any atom is 0.191 e. The van der Waals surface area contributed by atoms with Crippen molar-refractivity contribution in [2.75, 3.05) is 19.6 Å². The first kappa shape index (κ1) is 17.0. The van der Waals surface area contributed by atoms with Gasteiger partial charge in [0.05, 0.1) is 12.7 Å². The molecule has 5 nitrogen and oxygen atoms in total. The summed E-state index contributed by atoms with van der Waals surface area (Å²) in [5.41, 5.74) is 2.24. The lowest BCUT2D eigenvalue weighted by Crippen LogP contribution is -2.39. The van der Waals surface area contributed by atoms with Gasteiger partial charge in [-0.2, -0.15) is 5.10 Å². The summed E-state index contributed by atoms with van der Waals surface area (Å²) in [6, 6.07) is 6.56. The number of aryl methyl sites for hydroxylation is 1. The zero-order chi connectivity index (χ0) is 16.5. The van der Waals surface area contributed by atoms with E-state index in [4.69, 9.17) is 0 Å². The molecule has 0 aliphatic rings. The highest BCUT2D eigenvalue weighted by Gasteiger charge is 1.99. The number of halogens is 1. The number of nitrogens with zero attached hydrogens (tertiary/aromatic N) is 3. The van der Waals surface area contributed by atoms with Crippen LogP contribution in [0.25, 0.3) is 0 Å². The standard InChI is InChI=1S/C17H24FN5/c1-3-19-17(21-10-11-23-13-14(2)12-22-23)20-9-8-15-4-6-16(18)7-5-15/h4-7,12-13H,3,8-11H2,1-2H3,(H2,19,20,21). The van der Waals surface area contributed by atoms with Crippen LogP contribution in [-0.2, 0) is 13.0 Å². The normalized spacial score (nSPS) is 11.5. The van der Waals surface area contributed by atoms with Gasteiger partial charge in [0.15, 0.2) is 5.96 Å². The number of hydrogen-bond acceptors (Lipinski definition) is 2. The van der Waals surface area contributed by atoms with Crippen LogP contribution >= 0.6 is 0 Å². The third-order valence-corrected chi connectivity index (χ3v) is 3.32. The highest BCUT2D eigenvalue weighted by atomic mass is 19.1. The SMILES string of the molecule is CCNC(=NCCc1ccc(F)cc1)NCCn1cc(C)cn1. The number of aromatic nitrogens is 2. The Morgan fingerprint density at radius 3 is 2.70 bits per heavy atom. The van der Waals surface area contributed by atoms with Crippen LogP contribution in [0.3, 0.4) is 0 Å². The summed E-state index contributed by atoms with van der Waals surface area (Å²) in [5.74, 6) is 0.583. The Morgan fingerprint density at radius 1 is 1.26 bits per heavy atom. The van der Waals surface area contributed by atoms with Crippen LogP contribution in [0, 0.1) is 12.7 Å². The second kappa shape index (κ2) is 8.92. The lowest BCUT2D eigenvalue weighted by Gasteiger charge is -2.11. The Bertz CT molecular complexity index is 618. The summed E-state index contributed by atoms with van der Waals surface area (Å²) < 4.78 is 14.8. The first-order valence-corrected chi connectivity index (χ1v) is 7.93. The molecule has 2 aromatic rings. The molecule has 0 spiro atoms. The number of hydrogen-bond donors (Lipinski definition) is 2. The topological polar surface area (TPSA) is 54.2 Å². The molecular weight excluding hydrogens is 293 g/mol. The van der Waals surface area contributed by atoms with Crippen LogP contribution in [0.15, 0.2) is 41.7 Å². The number of aliphatic imine (C=N–C) groups is 1.